The number of benzene rings is 1. The zero-order valence-electron chi connectivity index (χ0n) is 7.73. The molecule has 0 heterocycles. The minimum absolute atomic E-state index is 0.278. The molecule has 0 aromatic heterocycles. The highest BCUT2D eigenvalue weighted by atomic mass is 35.5. The van der Waals surface area contributed by atoms with E-state index in [1.165, 1.54) is 0 Å². The number of hydrogen-bond donors (Lipinski definition) is 2. The summed E-state index contributed by atoms with van der Waals surface area (Å²) in [7, 11) is 0. The second kappa shape index (κ2) is 3.89. The number of aliphatic hydroxyl groups excluding tert-OH is 2. The van der Waals surface area contributed by atoms with Gasteiger partial charge in [0.1, 0.15) is 6.10 Å². The molecule has 3 heteroatoms. The van der Waals surface area contributed by atoms with E-state index in [2.05, 4.69) is 0 Å². The van der Waals surface area contributed by atoms with Crippen LogP contribution in [-0.4, -0.2) is 16.3 Å². The average Bonchev–Trinajstić information content (AvgIpc) is 3.00. The monoisotopic (exact) mass is 212 g/mol. The Labute approximate surface area is 88.1 Å². The van der Waals surface area contributed by atoms with Crippen LogP contribution in [0.15, 0.2) is 24.3 Å². The fourth-order valence-corrected chi connectivity index (χ4v) is 1.68. The maximum atomic E-state index is 9.80. The molecule has 1 aliphatic carbocycles. The molecule has 76 valence electrons. The van der Waals surface area contributed by atoms with Gasteiger partial charge in [0.2, 0.25) is 0 Å². The van der Waals surface area contributed by atoms with Crippen molar-refractivity contribution >= 4 is 11.6 Å². The number of hydrogen-bond acceptors (Lipinski definition) is 2. The van der Waals surface area contributed by atoms with Gasteiger partial charge in [0.05, 0.1) is 6.10 Å². The summed E-state index contributed by atoms with van der Waals surface area (Å²) in [6, 6.07) is 6.94. The van der Waals surface area contributed by atoms with E-state index in [1.54, 1.807) is 24.3 Å². The number of aliphatic hydroxyl groups is 2. The van der Waals surface area contributed by atoms with Crippen LogP contribution in [0.5, 0.6) is 0 Å². The lowest BCUT2D eigenvalue weighted by molar-refractivity contribution is 0.00485. The molecule has 1 aliphatic rings. The van der Waals surface area contributed by atoms with Crippen molar-refractivity contribution in [3.05, 3.63) is 34.9 Å². The summed E-state index contributed by atoms with van der Waals surface area (Å²) in [5, 5.41) is 20.1. The van der Waals surface area contributed by atoms with Crippen LogP contribution >= 0.6 is 11.6 Å². The normalized spacial score (nSPS) is 20.5. The smallest absolute Gasteiger partial charge is 0.105 e. The predicted octanol–water partition coefficient (Wildman–Crippen LogP) is 2.14. The van der Waals surface area contributed by atoms with Crippen molar-refractivity contribution in [3.63, 3.8) is 0 Å². The van der Waals surface area contributed by atoms with Crippen LogP contribution in [0.25, 0.3) is 0 Å². The third kappa shape index (κ3) is 2.08. The van der Waals surface area contributed by atoms with Crippen LogP contribution < -0.4 is 0 Å². The van der Waals surface area contributed by atoms with E-state index in [0.29, 0.717) is 5.02 Å². The third-order valence-corrected chi connectivity index (χ3v) is 2.89. The highest BCUT2D eigenvalue weighted by Crippen LogP contribution is 2.38. The van der Waals surface area contributed by atoms with Crippen molar-refractivity contribution in [2.24, 2.45) is 5.92 Å². The average molecular weight is 213 g/mol. The first kappa shape index (κ1) is 9.97. The molecule has 1 saturated carbocycles. The quantitative estimate of drug-likeness (QED) is 0.806. The molecule has 2 atom stereocenters. The SMILES string of the molecule is OC(c1ccc(Cl)cc1)C(O)C1CC1. The molecule has 0 bridgehead atoms. The van der Waals surface area contributed by atoms with E-state index in [0.717, 1.165) is 18.4 Å². The molecule has 0 saturated heterocycles. The zero-order valence-corrected chi connectivity index (χ0v) is 8.48. The van der Waals surface area contributed by atoms with Crippen molar-refractivity contribution in [2.75, 3.05) is 0 Å². The topological polar surface area (TPSA) is 40.5 Å². The van der Waals surface area contributed by atoms with Crippen LogP contribution in [0, 0.1) is 5.92 Å². The summed E-state index contributed by atoms with van der Waals surface area (Å²) in [4.78, 5) is 0. The molecular formula is C11H13ClO2. The summed E-state index contributed by atoms with van der Waals surface area (Å²) in [5.41, 5.74) is 0.730. The molecule has 1 aromatic rings. The first-order valence-corrected chi connectivity index (χ1v) is 5.18. The van der Waals surface area contributed by atoms with Gasteiger partial charge in [-0.05, 0) is 36.5 Å². The van der Waals surface area contributed by atoms with Gasteiger partial charge in [0.25, 0.3) is 0 Å². The van der Waals surface area contributed by atoms with Gasteiger partial charge in [-0.1, -0.05) is 23.7 Å². The minimum Gasteiger partial charge on any atom is -0.390 e. The molecule has 2 unspecified atom stereocenters. The lowest BCUT2D eigenvalue weighted by Gasteiger charge is -2.17. The van der Waals surface area contributed by atoms with Gasteiger partial charge in [-0.15, -0.1) is 0 Å². The van der Waals surface area contributed by atoms with Crippen LogP contribution in [0.2, 0.25) is 5.02 Å². The first-order valence-electron chi connectivity index (χ1n) is 4.80. The molecule has 2 nitrogen and oxygen atoms in total. The summed E-state index contributed by atoms with van der Waals surface area (Å²) < 4.78 is 0. The molecule has 1 fully saturated rings. The highest BCUT2D eigenvalue weighted by molar-refractivity contribution is 6.30. The van der Waals surface area contributed by atoms with Crippen molar-refractivity contribution in [2.45, 2.75) is 25.0 Å². The van der Waals surface area contributed by atoms with Gasteiger partial charge in [0.15, 0.2) is 0 Å². The standard InChI is InChI=1S/C11H13ClO2/c12-9-5-3-8(4-6-9)11(14)10(13)7-1-2-7/h3-7,10-11,13-14H,1-2H2. The Bertz CT molecular complexity index is 306. The summed E-state index contributed by atoms with van der Waals surface area (Å²) >= 11 is 5.73. The van der Waals surface area contributed by atoms with Crippen molar-refractivity contribution in [3.8, 4) is 0 Å². The van der Waals surface area contributed by atoms with Gasteiger partial charge in [-0.25, -0.2) is 0 Å². The van der Waals surface area contributed by atoms with E-state index in [4.69, 9.17) is 11.6 Å². The van der Waals surface area contributed by atoms with Crippen LogP contribution in [-0.2, 0) is 0 Å². The Balaban J connectivity index is 2.09. The fourth-order valence-electron chi connectivity index (χ4n) is 1.55. The second-order valence-electron chi connectivity index (χ2n) is 3.82. The van der Waals surface area contributed by atoms with Gasteiger partial charge in [-0.2, -0.15) is 0 Å². The highest BCUT2D eigenvalue weighted by Gasteiger charge is 2.34. The second-order valence-corrected chi connectivity index (χ2v) is 4.26. The van der Waals surface area contributed by atoms with E-state index in [-0.39, 0.29) is 5.92 Å². The first-order chi connectivity index (χ1) is 6.68. The number of rotatable bonds is 3. The molecule has 1 aromatic carbocycles. The summed E-state index contributed by atoms with van der Waals surface area (Å²) in [6.45, 7) is 0. The Morgan fingerprint density at radius 1 is 1.14 bits per heavy atom. The van der Waals surface area contributed by atoms with Gasteiger partial charge >= 0.3 is 0 Å². The lowest BCUT2D eigenvalue weighted by Crippen LogP contribution is -2.20. The molecule has 2 N–H and O–H groups in total. The molecule has 0 radical (unpaired) electrons. The van der Waals surface area contributed by atoms with Crippen molar-refractivity contribution in [1.29, 1.82) is 0 Å². The van der Waals surface area contributed by atoms with E-state index >= 15 is 0 Å². The number of halogens is 1. The van der Waals surface area contributed by atoms with E-state index < -0.39 is 12.2 Å². The van der Waals surface area contributed by atoms with E-state index in [9.17, 15) is 10.2 Å². The predicted molar refractivity (Wildman–Crippen MR) is 55.1 cm³/mol. The molecule has 0 amide bonds. The Morgan fingerprint density at radius 3 is 2.21 bits per heavy atom. The summed E-state index contributed by atoms with van der Waals surface area (Å²) in [5.74, 6) is 0.278. The Morgan fingerprint density at radius 2 is 1.71 bits per heavy atom. The molecule has 0 spiro atoms. The zero-order chi connectivity index (χ0) is 10.1. The maximum Gasteiger partial charge on any atom is 0.105 e. The maximum absolute atomic E-state index is 9.80. The molecule has 14 heavy (non-hydrogen) atoms. The van der Waals surface area contributed by atoms with Crippen LogP contribution in [0.1, 0.15) is 24.5 Å². The van der Waals surface area contributed by atoms with Crippen molar-refractivity contribution in [1.82, 2.24) is 0 Å². The van der Waals surface area contributed by atoms with Crippen molar-refractivity contribution < 1.29 is 10.2 Å². The van der Waals surface area contributed by atoms with Gasteiger partial charge < -0.3 is 10.2 Å². The fraction of sp³-hybridized carbons (Fsp3) is 0.455. The van der Waals surface area contributed by atoms with Gasteiger partial charge in [-0.3, -0.25) is 0 Å². The summed E-state index contributed by atoms with van der Waals surface area (Å²) in [6.07, 6.45) is 0.633. The third-order valence-electron chi connectivity index (χ3n) is 2.64. The minimum atomic E-state index is -0.778. The lowest BCUT2D eigenvalue weighted by atomic mass is 10.0. The Hall–Kier alpha value is -0.570. The molecule has 0 aliphatic heterocycles. The largest absolute Gasteiger partial charge is 0.390 e. The van der Waals surface area contributed by atoms with Crippen LogP contribution in [0.4, 0.5) is 0 Å². The Kier molecular flexibility index (Phi) is 2.77. The van der Waals surface area contributed by atoms with E-state index in [1.807, 2.05) is 0 Å². The molecular weight excluding hydrogens is 200 g/mol. The van der Waals surface area contributed by atoms with Gasteiger partial charge in [0, 0.05) is 5.02 Å². The molecule has 2 rings (SSSR count). The van der Waals surface area contributed by atoms with Crippen LogP contribution in [0.3, 0.4) is 0 Å².